The first-order valence-corrected chi connectivity index (χ1v) is 7.96. The van der Waals surface area contributed by atoms with Crippen molar-refractivity contribution in [1.29, 1.82) is 0 Å². The van der Waals surface area contributed by atoms with Crippen LogP contribution in [0.15, 0.2) is 23.6 Å². The summed E-state index contributed by atoms with van der Waals surface area (Å²) >= 11 is 1.34. The first kappa shape index (κ1) is 15.6. The standard InChI is InChI=1S/C13H20N6OS/c1-3-11-16-13(18-17-11)21-9-12(20)15-10(2)5-8-19-7-4-6-14-19/h4,6-7,10H,3,5,8-9H2,1-2H3,(H,15,20)(H,16,17,18)/t10-/m1/s1. The molecule has 0 spiro atoms. The molecule has 0 radical (unpaired) electrons. The number of H-pyrrole nitrogens is 1. The SMILES string of the molecule is CCc1nc(SCC(=O)N[C@H](C)CCn2cccn2)n[nH]1. The quantitative estimate of drug-likeness (QED) is 0.717. The molecule has 2 N–H and O–H groups in total. The lowest BCUT2D eigenvalue weighted by atomic mass is 10.2. The normalized spacial score (nSPS) is 12.3. The van der Waals surface area contributed by atoms with E-state index in [9.17, 15) is 4.79 Å². The number of nitrogens with one attached hydrogen (secondary N) is 2. The Hall–Kier alpha value is -1.83. The van der Waals surface area contributed by atoms with Crippen LogP contribution in [0, 0.1) is 0 Å². The highest BCUT2D eigenvalue weighted by Gasteiger charge is 2.10. The average molecular weight is 308 g/mol. The topological polar surface area (TPSA) is 88.5 Å². The molecule has 2 aromatic heterocycles. The third-order valence-electron chi connectivity index (χ3n) is 2.94. The van der Waals surface area contributed by atoms with E-state index in [1.807, 2.05) is 30.8 Å². The van der Waals surface area contributed by atoms with Gasteiger partial charge < -0.3 is 5.32 Å². The Kier molecular flexibility index (Phi) is 5.79. The van der Waals surface area contributed by atoms with E-state index in [2.05, 4.69) is 25.6 Å². The van der Waals surface area contributed by atoms with Crippen LogP contribution in [0.25, 0.3) is 0 Å². The number of hydrogen-bond acceptors (Lipinski definition) is 5. The van der Waals surface area contributed by atoms with Crippen LogP contribution >= 0.6 is 11.8 Å². The Morgan fingerprint density at radius 3 is 3.10 bits per heavy atom. The van der Waals surface area contributed by atoms with Crippen LogP contribution in [0.5, 0.6) is 0 Å². The highest BCUT2D eigenvalue weighted by atomic mass is 32.2. The molecule has 114 valence electrons. The Morgan fingerprint density at radius 1 is 1.57 bits per heavy atom. The Bertz CT molecular complexity index is 553. The molecular formula is C13H20N6OS. The largest absolute Gasteiger partial charge is 0.353 e. The van der Waals surface area contributed by atoms with Gasteiger partial charge in [-0.25, -0.2) is 4.98 Å². The highest BCUT2D eigenvalue weighted by Crippen LogP contribution is 2.12. The van der Waals surface area contributed by atoms with Crippen LogP contribution < -0.4 is 5.32 Å². The van der Waals surface area contributed by atoms with Crippen molar-refractivity contribution in [3.05, 3.63) is 24.3 Å². The van der Waals surface area contributed by atoms with E-state index in [1.165, 1.54) is 11.8 Å². The zero-order chi connectivity index (χ0) is 15.1. The number of aromatic nitrogens is 5. The zero-order valence-electron chi connectivity index (χ0n) is 12.2. The molecule has 0 saturated carbocycles. The van der Waals surface area contributed by atoms with Crippen LogP contribution in [0.4, 0.5) is 0 Å². The lowest BCUT2D eigenvalue weighted by Crippen LogP contribution is -2.34. The van der Waals surface area contributed by atoms with Crippen molar-refractivity contribution in [1.82, 2.24) is 30.3 Å². The lowest BCUT2D eigenvalue weighted by Gasteiger charge is -2.13. The molecule has 2 heterocycles. The molecule has 8 heteroatoms. The second-order valence-corrected chi connectivity index (χ2v) is 5.68. The van der Waals surface area contributed by atoms with E-state index < -0.39 is 0 Å². The third-order valence-corrected chi connectivity index (χ3v) is 3.78. The van der Waals surface area contributed by atoms with E-state index in [0.29, 0.717) is 10.9 Å². The average Bonchev–Trinajstić information content (AvgIpc) is 3.14. The fourth-order valence-corrected chi connectivity index (χ4v) is 2.41. The number of carbonyl (C=O) groups is 1. The van der Waals surface area contributed by atoms with E-state index in [1.54, 1.807) is 6.20 Å². The summed E-state index contributed by atoms with van der Waals surface area (Å²) in [7, 11) is 0. The minimum Gasteiger partial charge on any atom is -0.353 e. The molecule has 7 nitrogen and oxygen atoms in total. The summed E-state index contributed by atoms with van der Waals surface area (Å²) < 4.78 is 1.86. The number of hydrogen-bond donors (Lipinski definition) is 2. The number of aromatic amines is 1. The summed E-state index contributed by atoms with van der Waals surface area (Å²) in [6.07, 6.45) is 5.32. The summed E-state index contributed by atoms with van der Waals surface area (Å²) in [5.74, 6) is 1.16. The van der Waals surface area contributed by atoms with Gasteiger partial charge in [-0.05, 0) is 19.4 Å². The summed E-state index contributed by atoms with van der Waals surface area (Å²) in [5, 5.41) is 14.6. The summed E-state index contributed by atoms with van der Waals surface area (Å²) in [6.45, 7) is 4.79. The molecule has 21 heavy (non-hydrogen) atoms. The van der Waals surface area contributed by atoms with Crippen molar-refractivity contribution in [2.24, 2.45) is 0 Å². The van der Waals surface area contributed by atoms with Crippen molar-refractivity contribution >= 4 is 17.7 Å². The predicted molar refractivity (Wildman–Crippen MR) is 80.9 cm³/mol. The number of thioether (sulfide) groups is 1. The van der Waals surface area contributed by atoms with Crippen molar-refractivity contribution in [2.45, 2.75) is 44.4 Å². The van der Waals surface area contributed by atoms with Crippen LogP contribution in [-0.4, -0.2) is 42.7 Å². The third kappa shape index (κ3) is 5.22. The molecule has 0 aliphatic carbocycles. The second kappa shape index (κ2) is 7.82. The molecule has 0 saturated heterocycles. The molecule has 0 aliphatic heterocycles. The molecule has 0 fully saturated rings. The smallest absolute Gasteiger partial charge is 0.230 e. The van der Waals surface area contributed by atoms with Gasteiger partial charge in [0.2, 0.25) is 11.1 Å². The van der Waals surface area contributed by atoms with E-state index in [0.717, 1.165) is 25.2 Å². The minimum absolute atomic E-state index is 0.00388. The van der Waals surface area contributed by atoms with Gasteiger partial charge in [0, 0.05) is 31.4 Å². The lowest BCUT2D eigenvalue weighted by molar-refractivity contribution is -0.119. The van der Waals surface area contributed by atoms with Gasteiger partial charge in [0.05, 0.1) is 5.75 Å². The second-order valence-electron chi connectivity index (χ2n) is 4.73. The van der Waals surface area contributed by atoms with Crippen molar-refractivity contribution in [2.75, 3.05) is 5.75 Å². The monoisotopic (exact) mass is 308 g/mol. The van der Waals surface area contributed by atoms with Gasteiger partial charge in [0.15, 0.2) is 0 Å². The maximum Gasteiger partial charge on any atom is 0.230 e. The predicted octanol–water partition coefficient (Wildman–Crippen LogP) is 1.25. The maximum absolute atomic E-state index is 11.8. The fourth-order valence-electron chi connectivity index (χ4n) is 1.78. The van der Waals surface area contributed by atoms with Crippen LogP contribution in [0.1, 0.15) is 26.1 Å². The van der Waals surface area contributed by atoms with Gasteiger partial charge in [0.1, 0.15) is 5.82 Å². The number of amides is 1. The molecule has 0 unspecified atom stereocenters. The molecule has 2 aromatic rings. The van der Waals surface area contributed by atoms with Crippen LogP contribution in [-0.2, 0) is 17.8 Å². The van der Waals surface area contributed by atoms with Crippen LogP contribution in [0.3, 0.4) is 0 Å². The summed E-state index contributed by atoms with van der Waals surface area (Å²) in [4.78, 5) is 16.1. The fraction of sp³-hybridized carbons (Fsp3) is 0.538. The molecule has 1 atom stereocenters. The molecule has 0 aromatic carbocycles. The number of nitrogens with zero attached hydrogens (tertiary/aromatic N) is 4. The minimum atomic E-state index is -0.00388. The molecule has 1 amide bonds. The summed E-state index contributed by atoms with van der Waals surface area (Å²) in [6, 6.07) is 2.00. The summed E-state index contributed by atoms with van der Waals surface area (Å²) in [5.41, 5.74) is 0. The Morgan fingerprint density at radius 2 is 2.43 bits per heavy atom. The first-order chi connectivity index (χ1) is 10.2. The van der Waals surface area contributed by atoms with Gasteiger partial charge in [-0.15, -0.1) is 5.10 Å². The van der Waals surface area contributed by atoms with Gasteiger partial charge in [-0.2, -0.15) is 5.10 Å². The van der Waals surface area contributed by atoms with Crippen molar-refractivity contribution in [3.8, 4) is 0 Å². The molecular weight excluding hydrogens is 288 g/mol. The van der Waals surface area contributed by atoms with Crippen molar-refractivity contribution < 1.29 is 4.79 Å². The van der Waals surface area contributed by atoms with E-state index in [4.69, 9.17) is 0 Å². The van der Waals surface area contributed by atoms with Gasteiger partial charge in [-0.3, -0.25) is 14.6 Å². The molecule has 0 aliphatic rings. The Labute approximate surface area is 127 Å². The van der Waals surface area contributed by atoms with Gasteiger partial charge >= 0.3 is 0 Å². The number of aryl methyl sites for hydroxylation is 2. The first-order valence-electron chi connectivity index (χ1n) is 6.98. The molecule has 0 bridgehead atoms. The van der Waals surface area contributed by atoms with Gasteiger partial charge in [-0.1, -0.05) is 18.7 Å². The van der Waals surface area contributed by atoms with Crippen molar-refractivity contribution in [3.63, 3.8) is 0 Å². The molecule has 2 rings (SSSR count). The van der Waals surface area contributed by atoms with Crippen LogP contribution in [0.2, 0.25) is 0 Å². The number of rotatable bonds is 8. The van der Waals surface area contributed by atoms with E-state index in [-0.39, 0.29) is 11.9 Å². The Balaban J connectivity index is 1.66. The van der Waals surface area contributed by atoms with E-state index >= 15 is 0 Å². The zero-order valence-corrected chi connectivity index (χ0v) is 13.1. The maximum atomic E-state index is 11.8. The van der Waals surface area contributed by atoms with Gasteiger partial charge in [0.25, 0.3) is 0 Å². The number of carbonyl (C=O) groups excluding carboxylic acids is 1. The highest BCUT2D eigenvalue weighted by molar-refractivity contribution is 7.99.